The molecule has 18 heavy (non-hydrogen) atoms. The summed E-state index contributed by atoms with van der Waals surface area (Å²) in [6.07, 6.45) is 3.32. The fourth-order valence-corrected chi connectivity index (χ4v) is 2.03. The molecule has 3 N–H and O–H groups in total. The highest BCUT2D eigenvalue weighted by Gasteiger charge is 2.29. The first-order valence-electron chi connectivity index (χ1n) is 6.52. The summed E-state index contributed by atoms with van der Waals surface area (Å²) < 4.78 is 5.18. The number of hydrogen-bond donors (Lipinski definition) is 3. The molecule has 102 valence electrons. The van der Waals surface area contributed by atoms with Crippen molar-refractivity contribution >= 4 is 11.8 Å². The summed E-state index contributed by atoms with van der Waals surface area (Å²) in [5, 5.41) is 8.76. The Morgan fingerprint density at radius 3 is 2.78 bits per heavy atom. The van der Waals surface area contributed by atoms with Gasteiger partial charge in [0.1, 0.15) is 0 Å². The van der Waals surface area contributed by atoms with Crippen LogP contribution in [-0.4, -0.2) is 50.2 Å². The van der Waals surface area contributed by atoms with E-state index < -0.39 is 0 Å². The van der Waals surface area contributed by atoms with Crippen molar-refractivity contribution in [1.82, 2.24) is 16.0 Å². The van der Waals surface area contributed by atoms with E-state index >= 15 is 0 Å². The molecule has 0 spiro atoms. The first kappa shape index (κ1) is 13.3. The van der Waals surface area contributed by atoms with Crippen LogP contribution in [0.3, 0.4) is 0 Å². The SMILES string of the molecule is COC1CNC(C(=O)NCCC(=O)NC2CC2)C1. The van der Waals surface area contributed by atoms with Gasteiger partial charge in [-0.25, -0.2) is 0 Å². The molecule has 1 aliphatic heterocycles. The van der Waals surface area contributed by atoms with Gasteiger partial charge in [-0.05, 0) is 19.3 Å². The van der Waals surface area contributed by atoms with Crippen molar-refractivity contribution in [2.75, 3.05) is 20.2 Å². The van der Waals surface area contributed by atoms with Gasteiger partial charge in [0.25, 0.3) is 0 Å². The Labute approximate surface area is 107 Å². The maximum absolute atomic E-state index is 11.8. The Bertz CT molecular complexity index is 318. The molecule has 0 aromatic heterocycles. The fraction of sp³-hybridized carbons (Fsp3) is 0.833. The second kappa shape index (κ2) is 6.15. The van der Waals surface area contributed by atoms with Crippen molar-refractivity contribution < 1.29 is 14.3 Å². The second-order valence-electron chi connectivity index (χ2n) is 4.94. The predicted octanol–water partition coefficient (Wildman–Crippen LogP) is -0.852. The molecule has 1 saturated heterocycles. The molecule has 2 atom stereocenters. The summed E-state index contributed by atoms with van der Waals surface area (Å²) in [4.78, 5) is 23.2. The van der Waals surface area contributed by atoms with Gasteiger partial charge in [0.05, 0.1) is 12.1 Å². The quantitative estimate of drug-likeness (QED) is 0.577. The minimum Gasteiger partial charge on any atom is -0.380 e. The minimum atomic E-state index is -0.193. The van der Waals surface area contributed by atoms with Crippen molar-refractivity contribution in [1.29, 1.82) is 0 Å². The third-order valence-corrected chi connectivity index (χ3v) is 3.33. The monoisotopic (exact) mass is 255 g/mol. The van der Waals surface area contributed by atoms with Crippen LogP contribution in [0.4, 0.5) is 0 Å². The van der Waals surface area contributed by atoms with Crippen LogP contribution >= 0.6 is 0 Å². The van der Waals surface area contributed by atoms with Gasteiger partial charge >= 0.3 is 0 Å². The molecule has 0 bridgehead atoms. The highest BCUT2D eigenvalue weighted by Crippen LogP contribution is 2.18. The third kappa shape index (κ3) is 3.96. The van der Waals surface area contributed by atoms with Crippen molar-refractivity contribution in [2.24, 2.45) is 0 Å². The number of nitrogens with one attached hydrogen (secondary N) is 3. The average molecular weight is 255 g/mol. The third-order valence-electron chi connectivity index (χ3n) is 3.33. The van der Waals surface area contributed by atoms with Crippen LogP contribution in [0, 0.1) is 0 Å². The van der Waals surface area contributed by atoms with E-state index in [9.17, 15) is 9.59 Å². The first-order valence-corrected chi connectivity index (χ1v) is 6.52. The maximum atomic E-state index is 11.8. The Balaban J connectivity index is 1.58. The largest absolute Gasteiger partial charge is 0.380 e. The molecule has 0 aromatic rings. The number of ether oxygens (including phenoxy) is 1. The Hall–Kier alpha value is -1.14. The summed E-state index contributed by atoms with van der Waals surface area (Å²) in [7, 11) is 1.65. The van der Waals surface area contributed by atoms with Crippen LogP contribution in [0.1, 0.15) is 25.7 Å². The van der Waals surface area contributed by atoms with Gasteiger partial charge < -0.3 is 20.7 Å². The average Bonchev–Trinajstić information content (AvgIpc) is 3.03. The van der Waals surface area contributed by atoms with E-state index in [0.29, 0.717) is 32.0 Å². The zero-order valence-corrected chi connectivity index (χ0v) is 10.7. The predicted molar refractivity (Wildman–Crippen MR) is 66.0 cm³/mol. The zero-order valence-electron chi connectivity index (χ0n) is 10.7. The Morgan fingerprint density at radius 1 is 1.39 bits per heavy atom. The molecule has 1 saturated carbocycles. The van der Waals surface area contributed by atoms with Crippen LogP contribution in [-0.2, 0) is 14.3 Å². The van der Waals surface area contributed by atoms with Gasteiger partial charge in [-0.15, -0.1) is 0 Å². The molecule has 2 fully saturated rings. The van der Waals surface area contributed by atoms with Crippen LogP contribution < -0.4 is 16.0 Å². The van der Waals surface area contributed by atoms with Gasteiger partial charge in [0.2, 0.25) is 11.8 Å². The molecule has 0 radical (unpaired) electrons. The smallest absolute Gasteiger partial charge is 0.237 e. The lowest BCUT2D eigenvalue weighted by molar-refractivity contribution is -0.123. The first-order chi connectivity index (χ1) is 8.69. The summed E-state index contributed by atoms with van der Waals surface area (Å²) in [6.45, 7) is 1.10. The molecule has 2 aliphatic rings. The van der Waals surface area contributed by atoms with Crippen LogP contribution in [0.2, 0.25) is 0 Å². The lowest BCUT2D eigenvalue weighted by Gasteiger charge is -2.11. The number of rotatable bonds is 6. The van der Waals surface area contributed by atoms with Crippen molar-refractivity contribution in [3.63, 3.8) is 0 Å². The minimum absolute atomic E-state index is 0.0203. The molecule has 6 nitrogen and oxygen atoms in total. The summed E-state index contributed by atoms with van der Waals surface area (Å²) in [6, 6.07) is 0.189. The van der Waals surface area contributed by atoms with E-state index in [0.717, 1.165) is 12.8 Å². The summed E-state index contributed by atoms with van der Waals surface area (Å²) in [5.41, 5.74) is 0. The molecule has 2 rings (SSSR count). The van der Waals surface area contributed by atoms with Gasteiger partial charge in [-0.3, -0.25) is 9.59 Å². The second-order valence-corrected chi connectivity index (χ2v) is 4.94. The molecule has 1 heterocycles. The highest BCUT2D eigenvalue weighted by atomic mass is 16.5. The lowest BCUT2D eigenvalue weighted by Crippen LogP contribution is -2.41. The van der Waals surface area contributed by atoms with E-state index in [4.69, 9.17) is 4.74 Å². The molecule has 1 aliphatic carbocycles. The van der Waals surface area contributed by atoms with Crippen molar-refractivity contribution in [2.45, 2.75) is 43.9 Å². The molecule has 2 amide bonds. The van der Waals surface area contributed by atoms with E-state index in [2.05, 4.69) is 16.0 Å². The molecular weight excluding hydrogens is 234 g/mol. The Kier molecular flexibility index (Phi) is 4.54. The zero-order chi connectivity index (χ0) is 13.0. The van der Waals surface area contributed by atoms with Crippen LogP contribution in [0.5, 0.6) is 0 Å². The number of methoxy groups -OCH3 is 1. The van der Waals surface area contributed by atoms with Crippen LogP contribution in [0.15, 0.2) is 0 Å². The van der Waals surface area contributed by atoms with Crippen molar-refractivity contribution in [3.8, 4) is 0 Å². The number of hydrogen-bond acceptors (Lipinski definition) is 4. The molecule has 0 aromatic carbocycles. The number of carbonyl (C=O) groups is 2. The molecule has 6 heteroatoms. The van der Waals surface area contributed by atoms with E-state index in [-0.39, 0.29) is 24.0 Å². The highest BCUT2D eigenvalue weighted by molar-refractivity contribution is 5.83. The van der Waals surface area contributed by atoms with Gasteiger partial charge in [0.15, 0.2) is 0 Å². The van der Waals surface area contributed by atoms with Gasteiger partial charge in [-0.1, -0.05) is 0 Å². The lowest BCUT2D eigenvalue weighted by atomic mass is 10.2. The van der Waals surface area contributed by atoms with Gasteiger partial charge in [-0.2, -0.15) is 0 Å². The van der Waals surface area contributed by atoms with E-state index in [1.54, 1.807) is 7.11 Å². The summed E-state index contributed by atoms with van der Waals surface area (Å²) in [5.74, 6) is -0.0271. The van der Waals surface area contributed by atoms with E-state index in [1.807, 2.05) is 0 Å². The van der Waals surface area contributed by atoms with Crippen LogP contribution in [0.25, 0.3) is 0 Å². The molecule has 2 unspecified atom stereocenters. The summed E-state index contributed by atoms with van der Waals surface area (Å²) >= 11 is 0. The Morgan fingerprint density at radius 2 is 2.17 bits per heavy atom. The standard InChI is InChI=1S/C12H21N3O3/c1-18-9-6-10(14-7-9)12(17)13-5-4-11(16)15-8-2-3-8/h8-10,14H,2-7H2,1H3,(H,13,17)(H,15,16). The van der Waals surface area contributed by atoms with E-state index in [1.165, 1.54) is 0 Å². The van der Waals surface area contributed by atoms with Crippen molar-refractivity contribution in [3.05, 3.63) is 0 Å². The number of carbonyl (C=O) groups excluding carboxylic acids is 2. The molecular formula is C12H21N3O3. The normalized spacial score (nSPS) is 26.9. The number of amides is 2. The maximum Gasteiger partial charge on any atom is 0.237 e. The fourth-order valence-electron chi connectivity index (χ4n) is 2.03. The van der Waals surface area contributed by atoms with Gasteiger partial charge in [0, 0.05) is 32.7 Å². The topological polar surface area (TPSA) is 79.5 Å².